The van der Waals surface area contributed by atoms with E-state index in [4.69, 9.17) is 0 Å². The summed E-state index contributed by atoms with van der Waals surface area (Å²) in [6, 6.07) is 64.8. The van der Waals surface area contributed by atoms with Crippen LogP contribution in [0.25, 0.3) is 22.3 Å². The van der Waals surface area contributed by atoms with Crippen molar-refractivity contribution >= 4 is 0 Å². The van der Waals surface area contributed by atoms with Crippen molar-refractivity contribution in [1.82, 2.24) is 0 Å². The summed E-state index contributed by atoms with van der Waals surface area (Å²) < 4.78 is 0. The van der Waals surface area contributed by atoms with Crippen LogP contribution in [0.3, 0.4) is 0 Å². The van der Waals surface area contributed by atoms with Gasteiger partial charge in [0.15, 0.2) is 0 Å². The van der Waals surface area contributed by atoms with Crippen LogP contribution < -0.4 is 0 Å². The third kappa shape index (κ3) is 6.28. The summed E-state index contributed by atoms with van der Waals surface area (Å²) in [5, 5.41) is 0. The summed E-state index contributed by atoms with van der Waals surface area (Å²) in [6.07, 6.45) is 8.98. The average Bonchev–Trinajstić information content (AvgIpc) is 3.73. The van der Waals surface area contributed by atoms with Crippen molar-refractivity contribution < 1.29 is 0 Å². The van der Waals surface area contributed by atoms with Gasteiger partial charge in [0.1, 0.15) is 0 Å². The molecule has 9 rings (SSSR count). The maximum atomic E-state index is 2.60. The van der Waals surface area contributed by atoms with Gasteiger partial charge in [-0.1, -0.05) is 230 Å². The highest BCUT2D eigenvalue weighted by atomic mass is 14.5. The molecule has 0 heterocycles. The molecule has 7 aromatic rings. The first-order chi connectivity index (χ1) is 28.4. The molecule has 1 unspecified atom stereocenters. The molecule has 0 N–H and O–H groups in total. The Hall–Kier alpha value is -5.46. The van der Waals surface area contributed by atoms with E-state index in [9.17, 15) is 0 Å². The summed E-state index contributed by atoms with van der Waals surface area (Å²) in [5.74, 6) is 0. The smallest absolute Gasteiger partial charge is 0.0654 e. The number of hydrogen-bond donors (Lipinski definition) is 0. The van der Waals surface area contributed by atoms with Crippen LogP contribution in [-0.4, -0.2) is 0 Å². The average molecular weight is 757 g/mol. The van der Waals surface area contributed by atoms with Crippen molar-refractivity contribution in [2.45, 2.75) is 103 Å². The molecular formula is C58H60. The maximum Gasteiger partial charge on any atom is 0.0713 e. The predicted molar refractivity (Wildman–Crippen MR) is 248 cm³/mol. The molecule has 0 heteroatoms. The van der Waals surface area contributed by atoms with Gasteiger partial charge in [0.2, 0.25) is 0 Å². The molecule has 7 aromatic carbocycles. The Bertz CT molecular complexity index is 2390. The van der Waals surface area contributed by atoms with Gasteiger partial charge in [-0.3, -0.25) is 0 Å². The first kappa shape index (κ1) is 39.4. The minimum Gasteiger partial charge on any atom is -0.0654 e. The molecule has 0 bridgehead atoms. The number of rotatable bonds is 11. The second-order valence-corrected chi connectivity index (χ2v) is 17.1. The molecule has 0 aromatic heterocycles. The molecule has 2 aliphatic rings. The van der Waals surface area contributed by atoms with Gasteiger partial charge >= 0.3 is 0 Å². The second-order valence-electron chi connectivity index (χ2n) is 17.1. The lowest BCUT2D eigenvalue weighted by Gasteiger charge is -2.36. The molecule has 1 atom stereocenters. The van der Waals surface area contributed by atoms with Crippen LogP contribution in [0.2, 0.25) is 0 Å². The van der Waals surface area contributed by atoms with E-state index < -0.39 is 10.8 Å². The number of aryl methyl sites for hydroxylation is 1. The molecule has 58 heavy (non-hydrogen) atoms. The zero-order valence-electron chi connectivity index (χ0n) is 35.6. The standard InChI is InChI=1S/C52H46.C6H14/c1-5-31-50(4,6-2)41-28-30-43-45-35-48-44(34-49(45)52(47(43)33-41,39-23-15-9-16-24-39)40-25-17-10-18-26-40)42-29-27-36(3)32-46(42)51(48,37-19-11-7-12-20-37)38-21-13-8-14-22-38;1-3-5-6-4-2/h7-30,32-35H,5-6,31H2,1-4H3;3-6H2,1-2H3. The van der Waals surface area contributed by atoms with E-state index in [1.165, 1.54) is 110 Å². The van der Waals surface area contributed by atoms with Crippen LogP contribution >= 0.6 is 0 Å². The largest absolute Gasteiger partial charge is 0.0713 e. The molecule has 0 radical (unpaired) electrons. The van der Waals surface area contributed by atoms with Crippen molar-refractivity contribution in [2.75, 3.05) is 0 Å². The number of unbranched alkanes of at least 4 members (excludes halogenated alkanes) is 3. The lowest BCUT2D eigenvalue weighted by molar-refractivity contribution is 0.413. The lowest BCUT2D eigenvalue weighted by atomic mass is 9.65. The van der Waals surface area contributed by atoms with Gasteiger partial charge in [-0.05, 0) is 110 Å². The zero-order valence-corrected chi connectivity index (χ0v) is 35.6. The maximum absolute atomic E-state index is 2.60. The third-order valence-corrected chi connectivity index (χ3v) is 13.6. The predicted octanol–water partition coefficient (Wildman–Crippen LogP) is 15.8. The van der Waals surface area contributed by atoms with Crippen LogP contribution in [0.1, 0.15) is 135 Å². The molecule has 0 saturated carbocycles. The molecule has 0 aliphatic heterocycles. The Balaban J connectivity index is 0.000000729. The zero-order chi connectivity index (χ0) is 40.3. The highest BCUT2D eigenvalue weighted by Gasteiger charge is 2.51. The van der Waals surface area contributed by atoms with Crippen LogP contribution in [-0.2, 0) is 16.2 Å². The first-order valence-electron chi connectivity index (χ1n) is 22.1. The van der Waals surface area contributed by atoms with E-state index in [2.05, 4.69) is 211 Å². The molecular weight excluding hydrogens is 697 g/mol. The minimum atomic E-state index is -0.477. The first-order valence-corrected chi connectivity index (χ1v) is 22.1. The Morgan fingerprint density at radius 3 is 1.16 bits per heavy atom. The van der Waals surface area contributed by atoms with E-state index in [1.807, 2.05) is 0 Å². The molecule has 0 nitrogen and oxygen atoms in total. The summed E-state index contributed by atoms with van der Waals surface area (Å²) in [4.78, 5) is 0. The van der Waals surface area contributed by atoms with Crippen LogP contribution in [0, 0.1) is 6.92 Å². The van der Waals surface area contributed by atoms with E-state index in [1.54, 1.807) is 0 Å². The van der Waals surface area contributed by atoms with Gasteiger partial charge in [-0.2, -0.15) is 0 Å². The van der Waals surface area contributed by atoms with Crippen molar-refractivity contribution in [2.24, 2.45) is 0 Å². The van der Waals surface area contributed by atoms with Gasteiger partial charge in [-0.25, -0.2) is 0 Å². The molecule has 292 valence electrons. The summed E-state index contributed by atoms with van der Waals surface area (Å²) in [5.41, 5.74) is 17.9. The van der Waals surface area contributed by atoms with Crippen LogP contribution in [0.5, 0.6) is 0 Å². The van der Waals surface area contributed by atoms with Crippen LogP contribution in [0.15, 0.2) is 170 Å². The van der Waals surface area contributed by atoms with E-state index in [-0.39, 0.29) is 5.41 Å². The Morgan fingerprint density at radius 2 is 0.776 bits per heavy atom. The molecule has 2 aliphatic carbocycles. The SMILES string of the molecule is CCCC(C)(CC)c1ccc2c(c1)C(c1ccccc1)(c1ccccc1)c1cc3c(cc1-2)C(c1ccccc1)(c1ccccc1)c1cc(C)ccc1-3.CCCCCC. The normalized spacial score (nSPS) is 14.9. The molecule has 0 amide bonds. The summed E-state index contributed by atoms with van der Waals surface area (Å²) in [7, 11) is 0. The molecule has 0 spiro atoms. The van der Waals surface area contributed by atoms with Crippen molar-refractivity contribution in [3.8, 4) is 22.3 Å². The number of fused-ring (bicyclic) bond motifs is 6. The van der Waals surface area contributed by atoms with E-state index >= 15 is 0 Å². The third-order valence-electron chi connectivity index (χ3n) is 13.6. The highest BCUT2D eigenvalue weighted by molar-refractivity contribution is 5.94. The summed E-state index contributed by atoms with van der Waals surface area (Å²) >= 11 is 0. The van der Waals surface area contributed by atoms with Gasteiger partial charge < -0.3 is 0 Å². The van der Waals surface area contributed by atoms with Crippen molar-refractivity contribution in [3.05, 3.63) is 225 Å². The van der Waals surface area contributed by atoms with Crippen LogP contribution in [0.4, 0.5) is 0 Å². The Morgan fingerprint density at radius 1 is 0.397 bits per heavy atom. The van der Waals surface area contributed by atoms with Gasteiger partial charge in [0.05, 0.1) is 10.8 Å². The van der Waals surface area contributed by atoms with Gasteiger partial charge in [0, 0.05) is 0 Å². The fourth-order valence-electron chi connectivity index (χ4n) is 10.5. The highest BCUT2D eigenvalue weighted by Crippen LogP contribution is 2.63. The van der Waals surface area contributed by atoms with Crippen molar-refractivity contribution in [3.63, 3.8) is 0 Å². The van der Waals surface area contributed by atoms with E-state index in [0.29, 0.717) is 0 Å². The number of hydrogen-bond acceptors (Lipinski definition) is 0. The quantitative estimate of drug-likeness (QED) is 0.115. The van der Waals surface area contributed by atoms with Crippen molar-refractivity contribution in [1.29, 1.82) is 0 Å². The molecule has 0 saturated heterocycles. The lowest BCUT2D eigenvalue weighted by Crippen LogP contribution is -2.30. The second kappa shape index (κ2) is 16.4. The topological polar surface area (TPSA) is 0 Å². The van der Waals surface area contributed by atoms with E-state index in [0.717, 1.165) is 12.8 Å². The summed E-state index contributed by atoms with van der Waals surface area (Å²) in [6.45, 7) is 13.8. The minimum absolute atomic E-state index is 0.103. The number of benzene rings is 7. The monoisotopic (exact) mass is 756 g/mol. The molecule has 0 fully saturated rings. The Kier molecular flexibility index (Phi) is 11.1. The fourth-order valence-corrected chi connectivity index (χ4v) is 10.5. The van der Waals surface area contributed by atoms with Gasteiger partial charge in [-0.15, -0.1) is 0 Å². The fraction of sp³-hybridized carbons (Fsp3) is 0.276. The van der Waals surface area contributed by atoms with Gasteiger partial charge in [0.25, 0.3) is 0 Å². The Labute approximate surface area is 349 Å².